The minimum Gasteiger partial charge on any atom is -0.495 e. The first-order valence-corrected chi connectivity index (χ1v) is 11.6. The van der Waals surface area contributed by atoms with Crippen molar-refractivity contribution < 1.29 is 13.9 Å². The molecule has 5 aromatic rings. The van der Waals surface area contributed by atoms with Crippen LogP contribution in [0.3, 0.4) is 0 Å². The van der Waals surface area contributed by atoms with Crippen LogP contribution in [0, 0.1) is 6.92 Å². The van der Waals surface area contributed by atoms with E-state index in [2.05, 4.69) is 5.32 Å². The number of anilines is 1. The number of amides is 1. The Kier molecular flexibility index (Phi) is 5.81. The smallest absolute Gasteiger partial charge is 0.302 e. The number of ether oxygens (including phenoxy) is 1. The summed E-state index contributed by atoms with van der Waals surface area (Å²) in [4.78, 5) is 31.0. The molecule has 0 radical (unpaired) electrons. The molecule has 0 fully saturated rings. The second kappa shape index (κ2) is 9.07. The number of nitrogens with zero attached hydrogens (tertiary/aromatic N) is 2. The van der Waals surface area contributed by atoms with E-state index in [1.54, 1.807) is 25.3 Å². The van der Waals surface area contributed by atoms with E-state index in [1.807, 2.05) is 61.5 Å². The van der Waals surface area contributed by atoms with E-state index in [-0.39, 0.29) is 22.8 Å². The van der Waals surface area contributed by atoms with E-state index in [0.29, 0.717) is 33.4 Å². The van der Waals surface area contributed by atoms with Crippen LogP contribution in [-0.4, -0.2) is 28.3 Å². The monoisotopic (exact) mass is 471 g/mol. The Hall–Kier alpha value is -4.04. The van der Waals surface area contributed by atoms with E-state index in [0.717, 1.165) is 10.9 Å². The molecular weight excluding hydrogens is 450 g/mol. The van der Waals surface area contributed by atoms with Gasteiger partial charge in [0.15, 0.2) is 5.16 Å². The van der Waals surface area contributed by atoms with E-state index in [1.165, 1.54) is 16.3 Å². The third-order valence-corrected chi connectivity index (χ3v) is 6.31. The molecule has 0 saturated carbocycles. The number of furan rings is 1. The fourth-order valence-corrected chi connectivity index (χ4v) is 4.51. The van der Waals surface area contributed by atoms with Gasteiger partial charge in [-0.2, -0.15) is 0 Å². The van der Waals surface area contributed by atoms with Gasteiger partial charge in [-0.05, 0) is 43.3 Å². The van der Waals surface area contributed by atoms with Crippen molar-refractivity contribution in [3.63, 3.8) is 0 Å². The molecule has 2 heterocycles. The molecule has 0 saturated heterocycles. The van der Waals surface area contributed by atoms with Gasteiger partial charge in [-0.25, -0.2) is 4.98 Å². The standard InChI is InChI=1S/C26H21N3O4S/c1-16-11-13-17(14-12-16)29-25(31)24-23(18-7-3-5-9-20(18)33-24)28-26(29)34-15-22(30)27-19-8-4-6-10-21(19)32-2/h3-14H,15H2,1-2H3,(H,27,30). The van der Waals surface area contributed by atoms with Crippen LogP contribution < -0.4 is 15.6 Å². The van der Waals surface area contributed by atoms with Gasteiger partial charge in [-0.3, -0.25) is 14.2 Å². The van der Waals surface area contributed by atoms with Gasteiger partial charge < -0.3 is 14.5 Å². The maximum Gasteiger partial charge on any atom is 0.302 e. The maximum atomic E-state index is 13.5. The van der Waals surface area contributed by atoms with Crippen LogP contribution in [0.2, 0.25) is 0 Å². The molecule has 5 rings (SSSR count). The minimum atomic E-state index is -0.322. The van der Waals surface area contributed by atoms with Crippen LogP contribution in [0.1, 0.15) is 5.56 Å². The van der Waals surface area contributed by atoms with Crippen molar-refractivity contribution in [1.29, 1.82) is 0 Å². The van der Waals surface area contributed by atoms with Crippen LogP contribution in [0.25, 0.3) is 27.8 Å². The summed E-state index contributed by atoms with van der Waals surface area (Å²) in [6, 6.07) is 22.1. The molecule has 7 nitrogen and oxygen atoms in total. The molecule has 0 aliphatic carbocycles. The second-order valence-electron chi connectivity index (χ2n) is 7.68. The zero-order chi connectivity index (χ0) is 23.7. The largest absolute Gasteiger partial charge is 0.495 e. The quantitative estimate of drug-likeness (QED) is 0.271. The number of aromatic nitrogens is 2. The summed E-state index contributed by atoms with van der Waals surface area (Å²) < 4.78 is 12.6. The van der Waals surface area contributed by atoms with Gasteiger partial charge in [0, 0.05) is 5.39 Å². The maximum absolute atomic E-state index is 13.5. The fourth-order valence-electron chi connectivity index (χ4n) is 3.70. The average Bonchev–Trinajstić information content (AvgIpc) is 3.23. The number of hydrogen-bond acceptors (Lipinski definition) is 6. The van der Waals surface area contributed by atoms with Gasteiger partial charge in [0.2, 0.25) is 11.5 Å². The topological polar surface area (TPSA) is 86.4 Å². The zero-order valence-corrected chi connectivity index (χ0v) is 19.4. The van der Waals surface area contributed by atoms with Gasteiger partial charge >= 0.3 is 5.56 Å². The summed E-state index contributed by atoms with van der Waals surface area (Å²) >= 11 is 1.19. The van der Waals surface area contributed by atoms with E-state index < -0.39 is 0 Å². The summed E-state index contributed by atoms with van der Waals surface area (Å²) in [6.45, 7) is 1.98. The third kappa shape index (κ3) is 4.04. The van der Waals surface area contributed by atoms with Gasteiger partial charge in [-0.15, -0.1) is 0 Å². The highest BCUT2D eigenvalue weighted by Crippen LogP contribution is 2.29. The first-order valence-electron chi connectivity index (χ1n) is 10.6. The lowest BCUT2D eigenvalue weighted by molar-refractivity contribution is -0.113. The van der Waals surface area contributed by atoms with E-state index in [4.69, 9.17) is 14.1 Å². The molecule has 0 bridgehead atoms. The molecule has 0 unspecified atom stereocenters. The highest BCUT2D eigenvalue weighted by Gasteiger charge is 2.20. The SMILES string of the molecule is COc1ccccc1NC(=O)CSc1nc2c(oc3ccccc32)c(=O)n1-c1ccc(C)cc1. The summed E-state index contributed by atoms with van der Waals surface area (Å²) in [5.74, 6) is 0.385. The molecule has 0 aliphatic heterocycles. The number of hydrogen-bond donors (Lipinski definition) is 1. The summed E-state index contributed by atoms with van der Waals surface area (Å²) in [6.07, 6.45) is 0. The number of methoxy groups -OCH3 is 1. The van der Waals surface area contributed by atoms with Crippen LogP contribution >= 0.6 is 11.8 Å². The van der Waals surface area contributed by atoms with E-state index >= 15 is 0 Å². The average molecular weight is 472 g/mol. The molecular formula is C26H21N3O4S. The first-order chi connectivity index (χ1) is 16.5. The number of para-hydroxylation sites is 3. The zero-order valence-electron chi connectivity index (χ0n) is 18.6. The molecule has 2 aromatic heterocycles. The molecule has 8 heteroatoms. The number of fused-ring (bicyclic) bond motifs is 3. The van der Waals surface area contributed by atoms with Gasteiger partial charge in [0.25, 0.3) is 0 Å². The number of carbonyl (C=O) groups is 1. The predicted octanol–water partition coefficient (Wildman–Crippen LogP) is 5.18. The minimum absolute atomic E-state index is 0.0532. The van der Waals surface area contributed by atoms with Crippen LogP contribution in [0.5, 0.6) is 5.75 Å². The van der Waals surface area contributed by atoms with Crippen molar-refractivity contribution in [2.45, 2.75) is 12.1 Å². The fraction of sp³-hybridized carbons (Fsp3) is 0.115. The molecule has 0 atom stereocenters. The first kappa shape index (κ1) is 21.8. The van der Waals surface area contributed by atoms with Crippen molar-refractivity contribution in [3.05, 3.63) is 88.7 Å². The predicted molar refractivity (Wildman–Crippen MR) is 134 cm³/mol. The number of thioether (sulfide) groups is 1. The lowest BCUT2D eigenvalue weighted by atomic mass is 10.2. The van der Waals surface area contributed by atoms with Crippen LogP contribution in [0.4, 0.5) is 5.69 Å². The Balaban J connectivity index is 1.55. The molecule has 170 valence electrons. The molecule has 1 N–H and O–H groups in total. The van der Waals surface area contributed by atoms with Gasteiger partial charge in [-0.1, -0.05) is 53.7 Å². The molecule has 1 amide bonds. The summed E-state index contributed by atoms with van der Waals surface area (Å²) in [5, 5.41) is 4.02. The highest BCUT2D eigenvalue weighted by molar-refractivity contribution is 7.99. The normalized spacial score (nSPS) is 11.1. The molecule has 0 spiro atoms. The number of rotatable bonds is 6. The molecule has 0 aliphatic rings. The number of aryl methyl sites for hydroxylation is 1. The lowest BCUT2D eigenvalue weighted by Gasteiger charge is -2.13. The third-order valence-electron chi connectivity index (χ3n) is 5.37. The Morgan fingerprint density at radius 2 is 1.79 bits per heavy atom. The lowest BCUT2D eigenvalue weighted by Crippen LogP contribution is -2.22. The Labute approximate surface area is 199 Å². The van der Waals surface area contributed by atoms with Crippen molar-refractivity contribution in [1.82, 2.24) is 9.55 Å². The van der Waals surface area contributed by atoms with Crippen molar-refractivity contribution in [3.8, 4) is 11.4 Å². The number of benzene rings is 3. The van der Waals surface area contributed by atoms with Gasteiger partial charge in [0.1, 0.15) is 16.8 Å². The highest BCUT2D eigenvalue weighted by atomic mass is 32.2. The molecule has 3 aromatic carbocycles. The van der Waals surface area contributed by atoms with E-state index in [9.17, 15) is 9.59 Å². The Bertz CT molecular complexity index is 1570. The molecule has 34 heavy (non-hydrogen) atoms. The van der Waals surface area contributed by atoms with Crippen molar-refractivity contribution in [2.75, 3.05) is 18.2 Å². The van der Waals surface area contributed by atoms with Crippen LogP contribution in [-0.2, 0) is 4.79 Å². The summed E-state index contributed by atoms with van der Waals surface area (Å²) in [7, 11) is 1.55. The Morgan fingerprint density at radius 1 is 1.06 bits per heavy atom. The Morgan fingerprint density at radius 3 is 2.59 bits per heavy atom. The van der Waals surface area contributed by atoms with Crippen LogP contribution in [0.15, 0.2) is 87.2 Å². The number of nitrogens with one attached hydrogen (secondary N) is 1. The van der Waals surface area contributed by atoms with Crippen molar-refractivity contribution >= 4 is 45.4 Å². The summed E-state index contributed by atoms with van der Waals surface area (Å²) in [5.41, 5.74) is 3.24. The number of carbonyl (C=O) groups excluding carboxylic acids is 1. The second-order valence-corrected chi connectivity index (χ2v) is 8.63. The van der Waals surface area contributed by atoms with Gasteiger partial charge in [0.05, 0.1) is 24.2 Å². The van der Waals surface area contributed by atoms with Crippen molar-refractivity contribution in [2.24, 2.45) is 0 Å².